The molecule has 0 saturated carbocycles. The van der Waals surface area contributed by atoms with Crippen molar-refractivity contribution in [1.82, 2.24) is 0 Å². The van der Waals surface area contributed by atoms with Crippen molar-refractivity contribution in [2.45, 2.75) is 25.7 Å². The summed E-state index contributed by atoms with van der Waals surface area (Å²) in [5.41, 5.74) is 5.01. The van der Waals surface area contributed by atoms with Crippen LogP contribution >= 0.6 is 43.5 Å². The fraction of sp³-hybridized carbons (Fsp3) is 0.333. The van der Waals surface area contributed by atoms with Crippen LogP contribution in [0.3, 0.4) is 0 Å². The zero-order chi connectivity index (χ0) is 15.5. The number of hydrogen-bond acceptors (Lipinski definition) is 0. The van der Waals surface area contributed by atoms with Gasteiger partial charge in [-0.3, -0.25) is 0 Å². The van der Waals surface area contributed by atoms with Gasteiger partial charge in [0.25, 0.3) is 0 Å². The molecule has 3 heteroatoms. The van der Waals surface area contributed by atoms with E-state index < -0.39 is 0 Å². The second kappa shape index (κ2) is 7.30. The predicted octanol–water partition coefficient (Wildman–Crippen LogP) is 6.23. The first kappa shape index (κ1) is 17.1. The van der Waals surface area contributed by atoms with E-state index in [1.807, 2.05) is 6.07 Å². The SMILES string of the molecule is Cc1ccc(C(CBr)(CBr)Cc2ccc(C)cc2Cl)cc1. The molecule has 0 saturated heterocycles. The van der Waals surface area contributed by atoms with Gasteiger partial charge in [-0.1, -0.05) is 85.4 Å². The maximum Gasteiger partial charge on any atom is 0.0440 e. The molecule has 0 aliphatic heterocycles. The third-order valence-corrected chi connectivity index (χ3v) is 6.41. The summed E-state index contributed by atoms with van der Waals surface area (Å²) in [5, 5.41) is 2.63. The van der Waals surface area contributed by atoms with Crippen LogP contribution in [0.15, 0.2) is 42.5 Å². The summed E-state index contributed by atoms with van der Waals surface area (Å²) >= 11 is 13.9. The summed E-state index contributed by atoms with van der Waals surface area (Å²) in [7, 11) is 0. The summed E-state index contributed by atoms with van der Waals surface area (Å²) in [6.45, 7) is 4.18. The van der Waals surface area contributed by atoms with Gasteiger partial charge in [0, 0.05) is 21.1 Å². The quantitative estimate of drug-likeness (QED) is 0.494. The lowest BCUT2D eigenvalue weighted by Crippen LogP contribution is -2.33. The smallest absolute Gasteiger partial charge is 0.0440 e. The average Bonchev–Trinajstić information content (AvgIpc) is 2.48. The van der Waals surface area contributed by atoms with Crippen LogP contribution < -0.4 is 0 Å². The number of rotatable bonds is 5. The van der Waals surface area contributed by atoms with E-state index in [-0.39, 0.29) is 5.41 Å². The Kier molecular flexibility index (Phi) is 5.93. The molecule has 0 aliphatic rings. The van der Waals surface area contributed by atoms with Crippen molar-refractivity contribution in [3.63, 3.8) is 0 Å². The Morgan fingerprint density at radius 2 is 1.48 bits per heavy atom. The molecular formula is C18H19Br2Cl. The van der Waals surface area contributed by atoms with Gasteiger partial charge in [-0.2, -0.15) is 0 Å². The van der Waals surface area contributed by atoms with Gasteiger partial charge < -0.3 is 0 Å². The number of alkyl halides is 2. The van der Waals surface area contributed by atoms with Crippen molar-refractivity contribution in [3.05, 3.63) is 69.7 Å². The monoisotopic (exact) mass is 428 g/mol. The van der Waals surface area contributed by atoms with Gasteiger partial charge in [-0.25, -0.2) is 0 Å². The Morgan fingerprint density at radius 1 is 0.905 bits per heavy atom. The van der Waals surface area contributed by atoms with E-state index in [0.717, 1.165) is 22.1 Å². The van der Waals surface area contributed by atoms with Crippen molar-refractivity contribution in [2.75, 3.05) is 10.7 Å². The average molecular weight is 431 g/mol. The Balaban J connectivity index is 2.40. The van der Waals surface area contributed by atoms with Gasteiger partial charge in [-0.15, -0.1) is 0 Å². The molecule has 0 spiro atoms. The highest BCUT2D eigenvalue weighted by atomic mass is 79.9. The molecule has 2 aromatic carbocycles. The van der Waals surface area contributed by atoms with E-state index in [9.17, 15) is 0 Å². The molecule has 112 valence electrons. The molecule has 0 atom stereocenters. The standard InChI is InChI=1S/C18H19Br2Cl/c1-13-4-7-16(8-5-13)18(11-19,12-20)10-15-6-3-14(2)9-17(15)21/h3-9H,10-12H2,1-2H3. The topological polar surface area (TPSA) is 0 Å². The largest absolute Gasteiger partial charge is 0.0918 e. The molecule has 0 radical (unpaired) electrons. The fourth-order valence-electron chi connectivity index (χ4n) is 2.45. The minimum atomic E-state index is 0.00655. The van der Waals surface area contributed by atoms with Gasteiger partial charge in [-0.05, 0) is 43.0 Å². The summed E-state index contributed by atoms with van der Waals surface area (Å²) in [6, 6.07) is 15.1. The number of halogens is 3. The molecular weight excluding hydrogens is 411 g/mol. The molecule has 2 aromatic rings. The molecule has 0 bridgehead atoms. The molecule has 0 aliphatic carbocycles. The van der Waals surface area contributed by atoms with Gasteiger partial charge >= 0.3 is 0 Å². The van der Waals surface area contributed by atoms with Gasteiger partial charge in [0.2, 0.25) is 0 Å². The second-order valence-electron chi connectivity index (χ2n) is 5.69. The Hall–Kier alpha value is -0.310. The summed E-state index contributed by atoms with van der Waals surface area (Å²) in [5.74, 6) is 0. The molecule has 21 heavy (non-hydrogen) atoms. The van der Waals surface area contributed by atoms with Gasteiger partial charge in [0.05, 0.1) is 0 Å². The number of aryl methyl sites for hydroxylation is 2. The third kappa shape index (κ3) is 3.91. The zero-order valence-electron chi connectivity index (χ0n) is 12.3. The van der Waals surface area contributed by atoms with E-state index in [4.69, 9.17) is 11.6 Å². The minimum absolute atomic E-state index is 0.00655. The molecule has 0 amide bonds. The Bertz CT molecular complexity index is 601. The number of benzene rings is 2. The normalized spacial score (nSPS) is 11.7. The molecule has 0 N–H and O–H groups in total. The predicted molar refractivity (Wildman–Crippen MR) is 100 cm³/mol. The third-order valence-electron chi connectivity index (χ3n) is 3.91. The highest BCUT2D eigenvalue weighted by Gasteiger charge is 2.31. The maximum atomic E-state index is 6.43. The van der Waals surface area contributed by atoms with E-state index in [1.54, 1.807) is 0 Å². The van der Waals surface area contributed by atoms with Crippen LogP contribution in [0.1, 0.15) is 22.3 Å². The lowest BCUT2D eigenvalue weighted by atomic mass is 9.79. The van der Waals surface area contributed by atoms with Crippen LogP contribution in [0.4, 0.5) is 0 Å². The number of hydrogen-bond donors (Lipinski definition) is 0. The van der Waals surface area contributed by atoms with Crippen LogP contribution in [-0.2, 0) is 11.8 Å². The van der Waals surface area contributed by atoms with E-state index in [2.05, 4.69) is 82.1 Å². The lowest BCUT2D eigenvalue weighted by molar-refractivity contribution is 0.551. The molecule has 0 heterocycles. The first-order chi connectivity index (χ1) is 10.0. The first-order valence-electron chi connectivity index (χ1n) is 6.95. The van der Waals surface area contributed by atoms with Crippen LogP contribution in [0.2, 0.25) is 5.02 Å². The van der Waals surface area contributed by atoms with Gasteiger partial charge in [0.15, 0.2) is 0 Å². The fourth-order valence-corrected chi connectivity index (χ4v) is 4.73. The summed E-state index contributed by atoms with van der Waals surface area (Å²) in [4.78, 5) is 0. The summed E-state index contributed by atoms with van der Waals surface area (Å²) < 4.78 is 0. The van der Waals surface area contributed by atoms with Crippen molar-refractivity contribution < 1.29 is 0 Å². The van der Waals surface area contributed by atoms with Gasteiger partial charge in [0.1, 0.15) is 0 Å². The maximum absolute atomic E-state index is 6.43. The highest BCUT2D eigenvalue weighted by molar-refractivity contribution is 9.09. The zero-order valence-corrected chi connectivity index (χ0v) is 16.2. The molecule has 0 nitrogen and oxygen atoms in total. The molecule has 0 aromatic heterocycles. The van der Waals surface area contributed by atoms with Crippen molar-refractivity contribution in [3.8, 4) is 0 Å². The van der Waals surface area contributed by atoms with Crippen LogP contribution in [0.5, 0.6) is 0 Å². The van der Waals surface area contributed by atoms with Crippen molar-refractivity contribution >= 4 is 43.5 Å². The van der Waals surface area contributed by atoms with Crippen LogP contribution in [0, 0.1) is 13.8 Å². The summed E-state index contributed by atoms with van der Waals surface area (Å²) in [6.07, 6.45) is 0.908. The van der Waals surface area contributed by atoms with E-state index >= 15 is 0 Å². The molecule has 0 fully saturated rings. The lowest BCUT2D eigenvalue weighted by Gasteiger charge is -2.31. The van der Waals surface area contributed by atoms with Crippen molar-refractivity contribution in [2.24, 2.45) is 0 Å². The molecule has 2 rings (SSSR count). The van der Waals surface area contributed by atoms with E-state index in [1.165, 1.54) is 22.3 Å². The first-order valence-corrected chi connectivity index (χ1v) is 9.57. The van der Waals surface area contributed by atoms with Crippen molar-refractivity contribution in [1.29, 1.82) is 0 Å². The van der Waals surface area contributed by atoms with E-state index in [0.29, 0.717) is 0 Å². The second-order valence-corrected chi connectivity index (χ2v) is 7.21. The Morgan fingerprint density at radius 3 is 2.00 bits per heavy atom. The van der Waals surface area contributed by atoms with Crippen LogP contribution in [-0.4, -0.2) is 10.7 Å². The Labute approximate surface area is 149 Å². The highest BCUT2D eigenvalue weighted by Crippen LogP contribution is 2.35. The molecule has 0 unspecified atom stereocenters. The van der Waals surface area contributed by atoms with Crippen LogP contribution in [0.25, 0.3) is 0 Å². The minimum Gasteiger partial charge on any atom is -0.0918 e.